The van der Waals surface area contributed by atoms with Crippen molar-refractivity contribution in [3.05, 3.63) is 34.1 Å². The molecule has 1 aromatic carbocycles. The van der Waals surface area contributed by atoms with E-state index in [1.54, 1.807) is 11.8 Å². The Morgan fingerprint density at radius 2 is 2.28 bits per heavy atom. The maximum Gasteiger partial charge on any atom is 0.174 e. The van der Waals surface area contributed by atoms with Crippen LogP contribution in [-0.4, -0.2) is 9.36 Å². The molecule has 0 spiro atoms. The monoisotopic (exact) mass is 343 g/mol. The molecule has 0 fully saturated rings. The molecule has 0 bridgehead atoms. The van der Waals surface area contributed by atoms with Gasteiger partial charge in [-0.2, -0.15) is 4.37 Å². The summed E-state index contributed by atoms with van der Waals surface area (Å²) in [6.45, 7) is 4.04. The van der Waals surface area contributed by atoms with Gasteiger partial charge in [0.05, 0.1) is 0 Å². The lowest BCUT2D eigenvalue weighted by Gasteiger charge is -2.09. The molecular formula is C12H14BrN3S2. The van der Waals surface area contributed by atoms with E-state index < -0.39 is 0 Å². The van der Waals surface area contributed by atoms with Gasteiger partial charge < -0.3 is 5.73 Å². The Hall–Kier alpha value is -0.430. The molecule has 3 nitrogen and oxygen atoms in total. The highest BCUT2D eigenvalue weighted by atomic mass is 79.9. The average molecular weight is 344 g/mol. The zero-order valence-electron chi connectivity index (χ0n) is 10.2. The topological polar surface area (TPSA) is 51.8 Å². The summed E-state index contributed by atoms with van der Waals surface area (Å²) in [5.41, 5.74) is 7.00. The summed E-state index contributed by atoms with van der Waals surface area (Å²) < 4.78 is 6.30. The van der Waals surface area contributed by atoms with Crippen molar-refractivity contribution < 1.29 is 0 Å². The van der Waals surface area contributed by atoms with Crippen LogP contribution in [0.5, 0.6) is 0 Å². The molecule has 96 valence electrons. The quantitative estimate of drug-likeness (QED) is 0.910. The molecule has 0 saturated heterocycles. The van der Waals surface area contributed by atoms with E-state index in [0.717, 1.165) is 31.5 Å². The molecular weight excluding hydrogens is 330 g/mol. The minimum Gasteiger partial charge on any atom is -0.324 e. The third kappa shape index (κ3) is 3.32. The Labute approximate surface area is 123 Å². The van der Waals surface area contributed by atoms with Crippen LogP contribution in [0.4, 0.5) is 0 Å². The highest BCUT2D eigenvalue weighted by Crippen LogP contribution is 2.33. The molecule has 2 rings (SSSR count). The van der Waals surface area contributed by atoms with Gasteiger partial charge in [0.2, 0.25) is 0 Å². The van der Waals surface area contributed by atoms with Crippen LogP contribution in [0.3, 0.4) is 0 Å². The first-order valence-corrected chi connectivity index (χ1v) is 8.04. The lowest BCUT2D eigenvalue weighted by Crippen LogP contribution is -2.05. The molecule has 0 radical (unpaired) electrons. The van der Waals surface area contributed by atoms with Gasteiger partial charge in [-0.3, -0.25) is 0 Å². The molecule has 0 saturated carbocycles. The van der Waals surface area contributed by atoms with Crippen LogP contribution in [-0.2, 0) is 6.42 Å². The van der Waals surface area contributed by atoms with Gasteiger partial charge in [0.25, 0.3) is 0 Å². The average Bonchev–Trinajstić information content (AvgIpc) is 2.76. The van der Waals surface area contributed by atoms with Crippen molar-refractivity contribution in [1.82, 2.24) is 9.36 Å². The fourth-order valence-corrected chi connectivity index (χ4v) is 4.07. The van der Waals surface area contributed by atoms with E-state index in [1.165, 1.54) is 11.5 Å². The Morgan fingerprint density at radius 1 is 1.50 bits per heavy atom. The number of benzene rings is 1. The van der Waals surface area contributed by atoms with Gasteiger partial charge in [-0.1, -0.05) is 40.7 Å². The van der Waals surface area contributed by atoms with Crippen LogP contribution < -0.4 is 5.73 Å². The molecule has 1 aromatic heterocycles. The van der Waals surface area contributed by atoms with Crippen LogP contribution in [0, 0.1) is 0 Å². The second kappa shape index (κ2) is 6.14. The van der Waals surface area contributed by atoms with E-state index in [9.17, 15) is 0 Å². The molecule has 1 atom stereocenters. The van der Waals surface area contributed by atoms with Crippen LogP contribution >= 0.6 is 39.2 Å². The number of aromatic nitrogens is 2. The number of halogens is 1. The third-order valence-electron chi connectivity index (χ3n) is 2.43. The highest BCUT2D eigenvalue weighted by molar-refractivity contribution is 9.10. The standard InChI is InChI=1S/C12H14BrN3S2/c1-3-11-15-12(18-16-11)17-8-4-5-9(7(2)14)10(13)6-8/h4-7H,3,14H2,1-2H3/t7-/m0/s1. The number of nitrogens with zero attached hydrogens (tertiary/aromatic N) is 2. The zero-order valence-corrected chi connectivity index (χ0v) is 13.4. The van der Waals surface area contributed by atoms with Crippen LogP contribution in [0.2, 0.25) is 0 Å². The van der Waals surface area contributed by atoms with Crippen LogP contribution in [0.25, 0.3) is 0 Å². The summed E-state index contributed by atoms with van der Waals surface area (Å²) in [6, 6.07) is 6.24. The highest BCUT2D eigenvalue weighted by Gasteiger charge is 2.08. The summed E-state index contributed by atoms with van der Waals surface area (Å²) in [5, 5.41) is 0. The maximum absolute atomic E-state index is 5.88. The van der Waals surface area contributed by atoms with Crippen LogP contribution in [0.1, 0.15) is 31.3 Å². The largest absolute Gasteiger partial charge is 0.324 e. The SMILES string of the molecule is CCc1nsc(Sc2ccc([C@H](C)N)c(Br)c2)n1. The van der Waals surface area contributed by atoms with Crippen molar-refractivity contribution in [2.24, 2.45) is 5.73 Å². The number of hydrogen-bond acceptors (Lipinski definition) is 5. The summed E-state index contributed by atoms with van der Waals surface area (Å²) in [5.74, 6) is 0.911. The first-order valence-electron chi connectivity index (χ1n) is 5.65. The molecule has 0 aliphatic rings. The number of aryl methyl sites for hydroxylation is 1. The van der Waals surface area contributed by atoms with Crippen molar-refractivity contribution in [3.8, 4) is 0 Å². The van der Waals surface area contributed by atoms with Gasteiger partial charge in [0.15, 0.2) is 4.34 Å². The van der Waals surface area contributed by atoms with Crippen molar-refractivity contribution in [2.75, 3.05) is 0 Å². The van der Waals surface area contributed by atoms with Crippen molar-refractivity contribution >= 4 is 39.2 Å². The Balaban J connectivity index is 2.17. The molecule has 0 amide bonds. The van der Waals surface area contributed by atoms with E-state index in [4.69, 9.17) is 5.73 Å². The number of nitrogens with two attached hydrogens (primary N) is 1. The second-order valence-electron chi connectivity index (χ2n) is 3.90. The second-order valence-corrected chi connectivity index (χ2v) is 6.83. The van der Waals surface area contributed by atoms with Crippen molar-refractivity contribution in [3.63, 3.8) is 0 Å². The predicted octanol–water partition coefficient (Wildman–Crippen LogP) is 4.03. The van der Waals surface area contributed by atoms with Gasteiger partial charge in [0, 0.05) is 21.8 Å². The number of hydrogen-bond donors (Lipinski definition) is 1. The van der Waals surface area contributed by atoms with Gasteiger partial charge in [-0.05, 0) is 36.2 Å². The van der Waals surface area contributed by atoms with Gasteiger partial charge in [0.1, 0.15) is 5.82 Å². The molecule has 0 unspecified atom stereocenters. The van der Waals surface area contributed by atoms with Crippen molar-refractivity contribution in [1.29, 1.82) is 0 Å². The smallest absolute Gasteiger partial charge is 0.174 e. The van der Waals surface area contributed by atoms with E-state index in [0.29, 0.717) is 0 Å². The van der Waals surface area contributed by atoms with E-state index in [2.05, 4.69) is 50.4 Å². The van der Waals surface area contributed by atoms with E-state index in [-0.39, 0.29) is 6.04 Å². The van der Waals surface area contributed by atoms with Crippen LogP contribution in [0.15, 0.2) is 31.9 Å². The molecule has 0 aliphatic carbocycles. The summed E-state index contributed by atoms with van der Waals surface area (Å²) in [6.07, 6.45) is 0.879. The Morgan fingerprint density at radius 3 is 2.83 bits per heavy atom. The normalized spacial score (nSPS) is 12.7. The third-order valence-corrected chi connectivity index (χ3v) is 4.90. The molecule has 1 heterocycles. The molecule has 2 aromatic rings. The zero-order chi connectivity index (χ0) is 13.1. The molecule has 0 aliphatic heterocycles. The fourth-order valence-electron chi connectivity index (χ4n) is 1.46. The maximum atomic E-state index is 5.88. The number of rotatable bonds is 4. The Bertz CT molecular complexity index is 540. The minimum absolute atomic E-state index is 0.0339. The van der Waals surface area contributed by atoms with E-state index >= 15 is 0 Å². The van der Waals surface area contributed by atoms with E-state index in [1.807, 2.05) is 6.92 Å². The van der Waals surface area contributed by atoms with Gasteiger partial charge >= 0.3 is 0 Å². The predicted molar refractivity (Wildman–Crippen MR) is 80.2 cm³/mol. The molecule has 2 N–H and O–H groups in total. The minimum atomic E-state index is 0.0339. The lowest BCUT2D eigenvalue weighted by molar-refractivity contribution is 0.811. The molecule has 18 heavy (non-hydrogen) atoms. The Kier molecular flexibility index (Phi) is 4.77. The lowest BCUT2D eigenvalue weighted by atomic mass is 10.1. The summed E-state index contributed by atoms with van der Waals surface area (Å²) >= 11 is 6.63. The first kappa shape index (κ1) is 14.0. The van der Waals surface area contributed by atoms with Gasteiger partial charge in [-0.15, -0.1) is 0 Å². The first-order chi connectivity index (χ1) is 8.60. The fraction of sp³-hybridized carbons (Fsp3) is 0.333. The summed E-state index contributed by atoms with van der Waals surface area (Å²) in [7, 11) is 0. The molecule has 6 heteroatoms. The summed E-state index contributed by atoms with van der Waals surface area (Å²) in [4.78, 5) is 5.59. The van der Waals surface area contributed by atoms with Crippen molar-refractivity contribution in [2.45, 2.75) is 35.5 Å². The van der Waals surface area contributed by atoms with Gasteiger partial charge in [-0.25, -0.2) is 4.98 Å².